The summed E-state index contributed by atoms with van der Waals surface area (Å²) in [5.41, 5.74) is 0.411. The number of ether oxygens (including phenoxy) is 3. The Balaban J connectivity index is 0.939. The molecule has 1 spiro atoms. The van der Waals surface area contributed by atoms with Crippen molar-refractivity contribution in [2.24, 2.45) is 38.7 Å². The smallest absolute Gasteiger partial charge is 0.414 e. The predicted molar refractivity (Wildman–Crippen MR) is 183 cm³/mol. The monoisotopic (exact) mass is 743 g/mol. The molecule has 6 atom stereocenters. The quantitative estimate of drug-likeness (QED) is 0.0826. The van der Waals surface area contributed by atoms with Gasteiger partial charge in [-0.25, -0.2) is 13.2 Å². The molecular weight excluding hydrogens is 694 g/mol. The first-order valence-corrected chi connectivity index (χ1v) is 19.7. The van der Waals surface area contributed by atoms with Crippen LogP contribution in [0.5, 0.6) is 5.88 Å². The molecule has 0 N–H and O–H groups in total. The van der Waals surface area contributed by atoms with Crippen molar-refractivity contribution in [1.82, 2.24) is 5.16 Å². The number of aromatic nitrogens is 2. The molecule has 14 nitrogen and oxygen atoms in total. The van der Waals surface area contributed by atoms with E-state index < -0.39 is 38.1 Å². The summed E-state index contributed by atoms with van der Waals surface area (Å²) in [6.45, 7) is 6.76. The normalized spacial score (nSPS) is 31.7. The number of fused-ring (bicyclic) bond motifs is 3. The third-order valence-corrected chi connectivity index (χ3v) is 14.4. The summed E-state index contributed by atoms with van der Waals surface area (Å²) >= 11 is 0. The molecule has 4 fully saturated rings. The van der Waals surface area contributed by atoms with E-state index in [4.69, 9.17) is 19.0 Å². The van der Waals surface area contributed by atoms with Crippen LogP contribution in [-0.4, -0.2) is 57.5 Å². The van der Waals surface area contributed by atoms with E-state index in [0.29, 0.717) is 18.8 Å². The highest BCUT2D eigenvalue weighted by Gasteiger charge is 2.67. The van der Waals surface area contributed by atoms with E-state index in [1.165, 1.54) is 31.4 Å². The van der Waals surface area contributed by atoms with Crippen LogP contribution in [0.25, 0.3) is 0 Å². The molecule has 0 unspecified atom stereocenters. The molecule has 2 aromatic rings. The van der Waals surface area contributed by atoms with Gasteiger partial charge in [0.2, 0.25) is 0 Å². The van der Waals surface area contributed by atoms with Gasteiger partial charge >= 0.3 is 28.8 Å². The summed E-state index contributed by atoms with van der Waals surface area (Å²) in [7, 11) is -2.73. The van der Waals surface area contributed by atoms with Crippen molar-refractivity contribution in [3.05, 3.63) is 35.5 Å². The van der Waals surface area contributed by atoms with E-state index in [1.807, 2.05) is 0 Å². The molecule has 6 rings (SSSR count). The van der Waals surface area contributed by atoms with E-state index in [1.54, 1.807) is 6.07 Å². The van der Waals surface area contributed by atoms with Gasteiger partial charge in [0.25, 0.3) is 9.84 Å². The van der Waals surface area contributed by atoms with Crippen molar-refractivity contribution in [3.63, 3.8) is 0 Å². The Kier molecular flexibility index (Phi) is 10.5. The number of carbonyl (C=O) groups is 3. The maximum Gasteiger partial charge on any atom is 0.414 e. The van der Waals surface area contributed by atoms with Crippen LogP contribution in [-0.2, 0) is 38.5 Å². The fraction of sp³-hybridized carbons (Fsp3) is 0.676. The van der Waals surface area contributed by atoms with E-state index in [9.17, 15) is 28.0 Å². The molecule has 0 aliphatic heterocycles. The molecule has 1 heterocycles. The number of benzene rings is 1. The molecule has 4 aliphatic carbocycles. The predicted octanol–water partition coefficient (Wildman–Crippen LogP) is 5.50. The number of carbonyl (C=O) groups excluding carboxylic acids is 3. The zero-order valence-electron chi connectivity index (χ0n) is 30.4. The zero-order valence-corrected chi connectivity index (χ0v) is 31.2. The summed E-state index contributed by atoms with van der Waals surface area (Å²) < 4.78 is 46.1. The largest absolute Gasteiger partial charge is 0.469 e. The second-order valence-corrected chi connectivity index (χ2v) is 17.7. The SMILES string of the molecule is COC(=O)[C@]1(C)CCC[C@@]2(C)[C@@H]3CC[C@@]4(C)C[C@]3(CC[C@@H]21)C/C4=N\OC(=O)CCC(=O)OCCCCOc1no[n+]([O-])c1S(=O)(=O)c1ccccc1. The lowest BCUT2D eigenvalue weighted by Gasteiger charge is -2.64. The second-order valence-electron chi connectivity index (χ2n) is 15.9. The Morgan fingerprint density at radius 3 is 2.44 bits per heavy atom. The van der Waals surface area contributed by atoms with Crippen molar-refractivity contribution in [3.8, 4) is 5.88 Å². The summed E-state index contributed by atoms with van der Waals surface area (Å²) in [5, 5.41) is 19.1. The number of oxime groups is 1. The Labute approximate surface area is 304 Å². The average Bonchev–Trinajstić information content (AvgIpc) is 3.59. The van der Waals surface area contributed by atoms with Gasteiger partial charge in [-0.2, -0.15) is 0 Å². The lowest BCUT2D eigenvalue weighted by atomic mass is 9.40. The standard InChI is InChI=1S/C37H49N3O11S/c1-34-19-15-27-35(2)17-10-18-36(3,33(43)47-4)26(35)16-20-37(27,24-34)23-28(34)38-50-30(42)14-13-29(41)48-21-8-9-22-49-31-32(40(44)51-39-31)52(45,46)25-11-6-5-7-12-25/h5-7,11-12,26-27H,8-10,13-24H2,1-4H3/b38-28+/t26-,27-,34-,35+,36+,37-/m0/s1. The highest BCUT2D eigenvalue weighted by molar-refractivity contribution is 7.91. The van der Waals surface area contributed by atoms with E-state index >= 15 is 0 Å². The zero-order chi connectivity index (χ0) is 37.4. The van der Waals surface area contributed by atoms with Gasteiger partial charge in [0.1, 0.15) is 0 Å². The van der Waals surface area contributed by atoms with Crippen LogP contribution in [0, 0.1) is 38.7 Å². The minimum absolute atomic E-state index is 0.0122. The minimum Gasteiger partial charge on any atom is -0.469 e. The van der Waals surface area contributed by atoms with Gasteiger partial charge in [-0.05, 0) is 111 Å². The first-order chi connectivity index (χ1) is 24.7. The second kappa shape index (κ2) is 14.4. The first kappa shape index (κ1) is 37.7. The van der Waals surface area contributed by atoms with E-state index in [2.05, 4.69) is 35.7 Å². The van der Waals surface area contributed by atoms with Crippen molar-refractivity contribution < 1.29 is 51.4 Å². The third kappa shape index (κ3) is 6.80. The lowest BCUT2D eigenvalue weighted by molar-refractivity contribution is -0.832. The molecule has 2 bridgehead atoms. The minimum atomic E-state index is -4.22. The molecule has 284 valence electrons. The summed E-state index contributed by atoms with van der Waals surface area (Å²) in [6.07, 6.45) is 9.16. The highest BCUT2D eigenvalue weighted by Crippen LogP contribution is 2.73. The number of hydrogen-bond donors (Lipinski definition) is 0. The maximum atomic E-state index is 13.0. The van der Waals surface area contributed by atoms with Crippen molar-refractivity contribution in [2.75, 3.05) is 20.3 Å². The molecule has 15 heteroatoms. The van der Waals surface area contributed by atoms with Crippen LogP contribution in [0.3, 0.4) is 0 Å². The Bertz CT molecular complexity index is 1810. The number of rotatable bonds is 13. The van der Waals surface area contributed by atoms with Crippen LogP contribution in [0.2, 0.25) is 0 Å². The van der Waals surface area contributed by atoms with E-state index in [0.717, 1.165) is 63.5 Å². The van der Waals surface area contributed by atoms with Gasteiger partial charge in [0, 0.05) is 5.41 Å². The van der Waals surface area contributed by atoms with Crippen LogP contribution in [0.1, 0.15) is 104 Å². The molecule has 0 saturated heterocycles. The molecule has 0 radical (unpaired) electrons. The van der Waals surface area contributed by atoms with E-state index in [-0.39, 0.29) is 64.0 Å². The number of sulfone groups is 1. The average molecular weight is 744 g/mol. The number of esters is 2. The number of methoxy groups -OCH3 is 1. The Morgan fingerprint density at radius 2 is 1.69 bits per heavy atom. The molecule has 52 heavy (non-hydrogen) atoms. The maximum absolute atomic E-state index is 13.0. The molecule has 1 aromatic carbocycles. The number of nitrogens with zero attached hydrogens (tertiary/aromatic N) is 3. The van der Waals surface area contributed by atoms with Crippen LogP contribution < -0.4 is 9.64 Å². The van der Waals surface area contributed by atoms with Crippen molar-refractivity contribution in [1.29, 1.82) is 0 Å². The Morgan fingerprint density at radius 1 is 0.981 bits per heavy atom. The van der Waals surface area contributed by atoms with Crippen molar-refractivity contribution in [2.45, 2.75) is 114 Å². The highest BCUT2D eigenvalue weighted by atomic mass is 32.2. The fourth-order valence-corrected chi connectivity index (χ4v) is 11.7. The summed E-state index contributed by atoms with van der Waals surface area (Å²) in [6, 6.07) is 7.37. The lowest BCUT2D eigenvalue weighted by Crippen LogP contribution is -2.58. The summed E-state index contributed by atoms with van der Waals surface area (Å²) in [4.78, 5) is 43.0. The Hall–Kier alpha value is -4.01. The number of hydrogen-bond acceptors (Lipinski definition) is 13. The summed E-state index contributed by atoms with van der Waals surface area (Å²) in [5.74, 6) is -0.972. The van der Waals surface area contributed by atoms with Crippen LogP contribution >= 0.6 is 0 Å². The molecule has 4 aliphatic rings. The van der Waals surface area contributed by atoms with Crippen LogP contribution in [0.15, 0.2) is 50.0 Å². The molecule has 1 aromatic heterocycles. The third-order valence-electron chi connectivity index (χ3n) is 12.7. The van der Waals surface area contributed by atoms with Gasteiger partial charge in [-0.1, -0.05) is 43.6 Å². The van der Waals surface area contributed by atoms with Crippen molar-refractivity contribution >= 4 is 33.5 Å². The fourth-order valence-electron chi connectivity index (χ4n) is 10.4. The van der Waals surface area contributed by atoms with Gasteiger partial charge in [0.05, 0.1) is 54.3 Å². The van der Waals surface area contributed by atoms with Gasteiger partial charge < -0.3 is 24.3 Å². The van der Waals surface area contributed by atoms with Crippen LogP contribution in [0.4, 0.5) is 0 Å². The topological polar surface area (TPSA) is 188 Å². The van der Waals surface area contributed by atoms with Gasteiger partial charge in [-0.3, -0.25) is 14.2 Å². The molecule has 4 saturated carbocycles. The molecular formula is C37H49N3O11S. The van der Waals surface area contributed by atoms with Gasteiger partial charge in [-0.15, -0.1) is 0 Å². The van der Waals surface area contributed by atoms with Gasteiger partial charge in [0.15, 0.2) is 0 Å². The molecule has 0 amide bonds. The number of unbranched alkanes of at least 4 members (excludes halogenated alkanes) is 1. The first-order valence-electron chi connectivity index (χ1n) is 18.2.